The van der Waals surface area contributed by atoms with Gasteiger partial charge >= 0.3 is 5.97 Å². The zero-order valence-corrected chi connectivity index (χ0v) is 7.38. The van der Waals surface area contributed by atoms with Crippen LogP contribution in [0.4, 0.5) is 0 Å². The Balaban J connectivity index is 0. The van der Waals surface area contributed by atoms with Crippen molar-refractivity contribution in [1.82, 2.24) is 0 Å². The van der Waals surface area contributed by atoms with E-state index in [0.29, 0.717) is 0 Å². The summed E-state index contributed by atoms with van der Waals surface area (Å²) in [4.78, 5) is 10.3. The Bertz CT molecular complexity index is 278. The normalized spacial score (nSPS) is 22.8. The van der Waals surface area contributed by atoms with Gasteiger partial charge < -0.3 is 27.1 Å². The summed E-state index contributed by atoms with van der Waals surface area (Å²) in [6, 6.07) is 0. The van der Waals surface area contributed by atoms with E-state index in [9.17, 15) is 9.90 Å². The van der Waals surface area contributed by atoms with Crippen LogP contribution in [0.15, 0.2) is 0 Å². The number of hydrogen-bond donors (Lipinski definition) is 2. The van der Waals surface area contributed by atoms with E-state index in [1.54, 1.807) is 0 Å². The number of aliphatic carboxylic acids is 1. The number of aliphatic hydroxyl groups is 1. The largest absolute Gasteiger partial charge is 1.00 e. The first-order chi connectivity index (χ1) is 7.31. The lowest BCUT2D eigenvalue weighted by atomic mass is 10.2. The number of aliphatic hydroxyl groups excluding tert-OH is 1. The van der Waals surface area contributed by atoms with E-state index in [-0.39, 0.29) is 12.4 Å². The molecule has 0 aromatic rings. The maximum atomic E-state index is 10.3. The molecule has 0 aliphatic heterocycles. The lowest BCUT2D eigenvalue weighted by Gasteiger charge is -2.25. The Hall–Kier alpha value is -0.320. The number of likely N-dealkylation sites (N-methyl/N-ethyl adjacent to an activating group) is 1. The Kier molecular flexibility index (Phi) is 2.41. The molecule has 1 atom stereocenters. The van der Waals surface area contributed by atoms with E-state index in [4.69, 9.17) is 13.3 Å². The summed E-state index contributed by atoms with van der Waals surface area (Å²) in [5, 5.41) is 17.8. The molecular formula is C7H16ClNO3. The van der Waals surface area contributed by atoms with Crippen molar-refractivity contribution >= 4 is 5.97 Å². The smallest absolute Gasteiger partial charge is 0.306 e. The summed E-state index contributed by atoms with van der Waals surface area (Å²) in [6.45, 7) is -6.42. The van der Waals surface area contributed by atoms with Crippen LogP contribution in [-0.4, -0.2) is 54.3 Å². The highest BCUT2D eigenvalue weighted by Crippen LogP contribution is 1.98. The van der Waals surface area contributed by atoms with Crippen LogP contribution in [0.25, 0.3) is 0 Å². The topological polar surface area (TPSA) is 57.5 Å². The van der Waals surface area contributed by atoms with Crippen LogP contribution in [0.1, 0.15) is 14.6 Å². The molecule has 74 valence electrons. The van der Waals surface area contributed by atoms with Gasteiger partial charge in [0.15, 0.2) is 0 Å². The molecule has 5 heteroatoms. The molecule has 0 aliphatic rings. The average molecular weight is 204 g/mol. The monoisotopic (exact) mass is 203 g/mol. The SMILES string of the molecule is [2H]C([2H])([2H])[N+](C)(C[C@H](O)CC(=O)O)C([2H])([2H])[2H].[Cl-]. The molecule has 0 aromatic carbocycles. The quantitative estimate of drug-likeness (QED) is 0.467. The van der Waals surface area contributed by atoms with Crippen molar-refractivity contribution < 1.29 is 40.1 Å². The fourth-order valence-corrected chi connectivity index (χ4v) is 0.688. The lowest BCUT2D eigenvalue weighted by molar-refractivity contribution is -0.873. The molecule has 0 aromatic heterocycles. The van der Waals surface area contributed by atoms with Gasteiger partial charge in [-0.3, -0.25) is 4.79 Å². The van der Waals surface area contributed by atoms with Gasteiger partial charge in [-0.1, -0.05) is 0 Å². The number of halogens is 1. The number of hydrogen-bond acceptors (Lipinski definition) is 2. The van der Waals surface area contributed by atoms with Crippen LogP contribution in [0.3, 0.4) is 0 Å². The molecule has 0 saturated carbocycles. The van der Waals surface area contributed by atoms with E-state index in [2.05, 4.69) is 0 Å². The van der Waals surface area contributed by atoms with Crippen LogP contribution in [0.2, 0.25) is 0 Å². The molecule has 0 unspecified atom stereocenters. The highest BCUT2D eigenvalue weighted by atomic mass is 35.5. The molecule has 0 bridgehead atoms. The molecule has 0 fully saturated rings. The van der Waals surface area contributed by atoms with Gasteiger partial charge in [-0.05, 0) is 0 Å². The van der Waals surface area contributed by atoms with Gasteiger partial charge in [0, 0.05) is 0 Å². The van der Waals surface area contributed by atoms with Crippen molar-refractivity contribution in [2.24, 2.45) is 0 Å². The fraction of sp³-hybridized carbons (Fsp3) is 0.857. The Morgan fingerprint density at radius 3 is 2.50 bits per heavy atom. The number of nitrogens with zero attached hydrogens (tertiary/aromatic N) is 1. The first-order valence-corrected chi connectivity index (χ1v) is 3.07. The second-order valence-electron chi connectivity index (χ2n) is 2.63. The standard InChI is InChI=1S/C7H15NO3.ClH/c1-8(2,3)5-6(9)4-7(10)11;/h6,9H,4-5H2,1-3H3;1H/t6-;/m1./s1/i1D3,2D3;. The summed E-state index contributed by atoms with van der Waals surface area (Å²) < 4.78 is 41.8. The van der Waals surface area contributed by atoms with Crippen molar-refractivity contribution in [2.75, 3.05) is 27.5 Å². The van der Waals surface area contributed by atoms with Crippen molar-refractivity contribution in [2.45, 2.75) is 12.5 Å². The molecular weight excluding hydrogens is 182 g/mol. The van der Waals surface area contributed by atoms with Gasteiger partial charge in [0.2, 0.25) is 0 Å². The maximum absolute atomic E-state index is 10.3. The van der Waals surface area contributed by atoms with Crippen LogP contribution in [0, 0.1) is 0 Å². The molecule has 0 aliphatic carbocycles. The van der Waals surface area contributed by atoms with Crippen LogP contribution in [-0.2, 0) is 4.79 Å². The fourth-order valence-electron chi connectivity index (χ4n) is 0.688. The van der Waals surface area contributed by atoms with Gasteiger partial charge in [0.05, 0.1) is 35.6 Å². The molecule has 0 saturated heterocycles. The predicted octanol–water partition coefficient (Wildman–Crippen LogP) is -3.47. The second kappa shape index (κ2) is 5.35. The Labute approximate surface area is 87.2 Å². The van der Waals surface area contributed by atoms with Crippen LogP contribution < -0.4 is 12.4 Å². The minimum Gasteiger partial charge on any atom is -1.00 e. The average Bonchev–Trinajstić information content (AvgIpc) is 1.97. The molecule has 12 heavy (non-hydrogen) atoms. The van der Waals surface area contributed by atoms with Crippen LogP contribution in [0.5, 0.6) is 0 Å². The minimum atomic E-state index is -2.87. The van der Waals surface area contributed by atoms with Gasteiger partial charge in [-0.15, -0.1) is 0 Å². The first-order valence-electron chi connectivity index (χ1n) is 6.07. The Morgan fingerprint density at radius 2 is 2.17 bits per heavy atom. The summed E-state index contributed by atoms with van der Waals surface area (Å²) >= 11 is 0. The highest BCUT2D eigenvalue weighted by Gasteiger charge is 2.17. The van der Waals surface area contributed by atoms with E-state index in [1.807, 2.05) is 0 Å². The number of quaternary nitrogens is 1. The summed E-state index contributed by atoms with van der Waals surface area (Å²) in [6.07, 6.45) is -2.22. The van der Waals surface area contributed by atoms with Gasteiger partial charge in [-0.25, -0.2) is 0 Å². The highest BCUT2D eigenvalue weighted by molar-refractivity contribution is 5.67. The van der Waals surface area contributed by atoms with Crippen LogP contribution >= 0.6 is 0 Å². The van der Waals surface area contributed by atoms with E-state index >= 15 is 0 Å². The van der Waals surface area contributed by atoms with E-state index in [0.717, 1.165) is 7.05 Å². The summed E-state index contributed by atoms with van der Waals surface area (Å²) in [5.74, 6) is -1.32. The van der Waals surface area contributed by atoms with Gasteiger partial charge in [0.1, 0.15) is 12.6 Å². The third-order valence-corrected chi connectivity index (χ3v) is 0.986. The number of carbonyl (C=O) groups is 1. The number of carboxylic acids is 1. The van der Waals surface area contributed by atoms with Crippen molar-refractivity contribution in [3.63, 3.8) is 0 Å². The van der Waals surface area contributed by atoms with E-state index in [1.165, 1.54) is 0 Å². The first kappa shape index (κ1) is 5.42. The number of rotatable bonds is 4. The third-order valence-electron chi connectivity index (χ3n) is 0.986. The van der Waals surface area contributed by atoms with Crippen molar-refractivity contribution in [3.05, 3.63) is 0 Å². The molecule has 0 heterocycles. The third kappa shape index (κ3) is 9.68. The zero-order valence-electron chi connectivity index (χ0n) is 12.6. The molecule has 0 rings (SSSR count). The zero-order chi connectivity index (χ0) is 14.1. The molecule has 0 spiro atoms. The van der Waals surface area contributed by atoms with Gasteiger partial charge in [0.25, 0.3) is 0 Å². The number of carboxylic acid groups (broad SMARTS) is 1. The van der Waals surface area contributed by atoms with Gasteiger partial charge in [-0.2, -0.15) is 0 Å². The Morgan fingerprint density at radius 1 is 1.67 bits per heavy atom. The lowest BCUT2D eigenvalue weighted by Crippen LogP contribution is -3.00. The summed E-state index contributed by atoms with van der Waals surface area (Å²) in [7, 11) is 0.949. The van der Waals surface area contributed by atoms with E-state index < -0.39 is 43.5 Å². The maximum Gasteiger partial charge on any atom is 0.306 e. The molecule has 2 N–H and O–H groups in total. The molecule has 4 nitrogen and oxygen atoms in total. The van der Waals surface area contributed by atoms with Crippen molar-refractivity contribution in [1.29, 1.82) is 0 Å². The molecule has 0 amide bonds. The minimum absolute atomic E-state index is 0. The second-order valence-corrected chi connectivity index (χ2v) is 2.63. The summed E-state index contributed by atoms with van der Waals surface area (Å²) in [5.41, 5.74) is 0. The molecule has 0 radical (unpaired) electrons. The predicted molar refractivity (Wildman–Crippen MR) is 41.2 cm³/mol. The van der Waals surface area contributed by atoms with Crippen molar-refractivity contribution in [3.8, 4) is 0 Å².